The third kappa shape index (κ3) is 7.39. The van der Waals surface area contributed by atoms with Gasteiger partial charge in [-0.15, -0.1) is 0 Å². The van der Waals surface area contributed by atoms with E-state index in [2.05, 4.69) is 218 Å². The van der Waals surface area contributed by atoms with Crippen molar-refractivity contribution in [2.24, 2.45) is 5.41 Å². The zero-order chi connectivity index (χ0) is 41.2. The summed E-state index contributed by atoms with van der Waals surface area (Å²) in [6.45, 7) is 26.0. The van der Waals surface area contributed by atoms with Gasteiger partial charge in [-0.2, -0.15) is 0 Å². The fraction of sp³-hybridized carbons (Fsp3) is 0.302. The fourth-order valence-corrected chi connectivity index (χ4v) is 8.17. The molecule has 0 saturated heterocycles. The first-order valence-electron chi connectivity index (χ1n) is 20.6. The van der Waals surface area contributed by atoms with E-state index in [1.807, 2.05) is 12.3 Å². The Bertz CT molecular complexity index is 2660. The van der Waals surface area contributed by atoms with Crippen LogP contribution in [0, 0.1) is 5.41 Å². The summed E-state index contributed by atoms with van der Waals surface area (Å²) in [6.07, 6.45) is 4.25. The van der Waals surface area contributed by atoms with E-state index < -0.39 is 0 Å². The summed E-state index contributed by atoms with van der Waals surface area (Å²) >= 11 is 0. The molecule has 0 aliphatic carbocycles. The number of benzene rings is 5. The molecule has 0 atom stereocenters. The quantitative estimate of drug-likeness (QED) is 0.162. The van der Waals surface area contributed by atoms with Gasteiger partial charge in [-0.05, 0) is 87.7 Å². The normalized spacial score (nSPS) is 14.1. The van der Waals surface area contributed by atoms with Gasteiger partial charge in [0.1, 0.15) is 17.3 Å². The van der Waals surface area contributed by atoms with E-state index in [4.69, 9.17) is 9.72 Å². The van der Waals surface area contributed by atoms with Crippen LogP contribution in [0.15, 0.2) is 145 Å². The highest BCUT2D eigenvalue weighted by molar-refractivity contribution is 6.09. The van der Waals surface area contributed by atoms with Gasteiger partial charge in [-0.3, -0.25) is 4.57 Å². The summed E-state index contributed by atoms with van der Waals surface area (Å²) < 4.78 is 8.98. The molecule has 58 heavy (non-hydrogen) atoms. The van der Waals surface area contributed by atoms with Gasteiger partial charge in [0, 0.05) is 63.2 Å². The topological polar surface area (TPSA) is 33.5 Å². The molecule has 5 aromatic carbocycles. The Kier molecular flexibility index (Phi) is 9.58. The van der Waals surface area contributed by atoms with E-state index in [1.165, 1.54) is 44.4 Å². The number of nitrogens with zero attached hydrogens (tertiary/aromatic N) is 4. The van der Waals surface area contributed by atoms with E-state index in [9.17, 15) is 0 Å². The number of hydrogen-bond donors (Lipinski definition) is 0. The zero-order valence-corrected chi connectivity index (χ0v) is 36.2. The average Bonchev–Trinajstić information content (AvgIpc) is 3.79. The Balaban J connectivity index is 1.14. The van der Waals surface area contributed by atoms with Crippen LogP contribution in [0.2, 0.25) is 0 Å². The molecule has 2 aromatic heterocycles. The minimum Gasteiger partial charge on any atom is -0.457 e. The molecule has 3 heterocycles. The maximum Gasteiger partial charge on any atom is 0.137 e. The van der Waals surface area contributed by atoms with Gasteiger partial charge in [0.2, 0.25) is 0 Å². The number of allylic oxidation sites excluding steroid dienone is 1. The Morgan fingerprint density at radius 3 is 1.90 bits per heavy atom. The minimum absolute atomic E-state index is 0.00360. The lowest BCUT2D eigenvalue weighted by molar-refractivity contribution is 0.483. The molecule has 5 nitrogen and oxygen atoms in total. The number of anilines is 2. The second kappa shape index (κ2) is 14.2. The molecule has 0 radical (unpaired) electrons. The van der Waals surface area contributed by atoms with Crippen molar-refractivity contribution in [1.29, 1.82) is 0 Å². The number of ether oxygens (including phenoxy) is 1. The van der Waals surface area contributed by atoms with Gasteiger partial charge in [-0.1, -0.05) is 137 Å². The van der Waals surface area contributed by atoms with Gasteiger partial charge in [-0.25, -0.2) is 4.98 Å². The summed E-state index contributed by atoms with van der Waals surface area (Å²) in [5, 5.41) is 2.36. The molecule has 1 aliphatic heterocycles. The number of fused-ring (bicyclic) bond motifs is 3. The van der Waals surface area contributed by atoms with Crippen LogP contribution in [0.4, 0.5) is 11.4 Å². The summed E-state index contributed by atoms with van der Waals surface area (Å²) in [4.78, 5) is 9.73. The van der Waals surface area contributed by atoms with Crippen molar-refractivity contribution in [3.05, 3.63) is 168 Å². The van der Waals surface area contributed by atoms with Crippen molar-refractivity contribution >= 4 is 33.2 Å². The molecular weight excluding hydrogens is 709 g/mol. The highest BCUT2D eigenvalue weighted by atomic mass is 16.5. The zero-order valence-electron chi connectivity index (χ0n) is 36.2. The molecule has 0 amide bonds. The first-order valence-corrected chi connectivity index (χ1v) is 20.6. The van der Waals surface area contributed by atoms with Crippen LogP contribution in [0.5, 0.6) is 11.5 Å². The van der Waals surface area contributed by atoms with E-state index >= 15 is 0 Å². The lowest BCUT2D eigenvalue weighted by atomic mass is 9.75. The van der Waals surface area contributed by atoms with Crippen LogP contribution in [0.1, 0.15) is 98.4 Å². The van der Waals surface area contributed by atoms with Crippen molar-refractivity contribution in [3.8, 4) is 17.3 Å². The molecule has 0 N–H and O–H groups in total. The molecule has 296 valence electrons. The van der Waals surface area contributed by atoms with E-state index in [-0.39, 0.29) is 21.7 Å². The molecule has 0 bridgehead atoms. The maximum atomic E-state index is 6.71. The van der Waals surface area contributed by atoms with Crippen LogP contribution >= 0.6 is 0 Å². The third-order valence-electron chi connectivity index (χ3n) is 11.8. The predicted molar refractivity (Wildman–Crippen MR) is 245 cm³/mol. The Morgan fingerprint density at radius 2 is 1.17 bits per heavy atom. The molecule has 0 unspecified atom stereocenters. The molecule has 0 saturated carbocycles. The molecule has 8 rings (SSSR count). The Morgan fingerprint density at radius 1 is 0.500 bits per heavy atom. The molecule has 5 heteroatoms. The van der Waals surface area contributed by atoms with Crippen LogP contribution in [0.3, 0.4) is 0 Å². The fourth-order valence-electron chi connectivity index (χ4n) is 8.17. The molecule has 0 fully saturated rings. The molecule has 7 aromatic rings. The van der Waals surface area contributed by atoms with Crippen molar-refractivity contribution in [2.45, 2.75) is 92.4 Å². The van der Waals surface area contributed by atoms with Crippen molar-refractivity contribution in [3.63, 3.8) is 0 Å². The monoisotopic (exact) mass is 766 g/mol. The number of aromatic nitrogens is 2. The van der Waals surface area contributed by atoms with Gasteiger partial charge in [0.25, 0.3) is 0 Å². The lowest BCUT2D eigenvalue weighted by Crippen LogP contribution is -2.31. The summed E-state index contributed by atoms with van der Waals surface area (Å²) in [6, 6.07) is 45.9. The van der Waals surface area contributed by atoms with Crippen LogP contribution < -0.4 is 14.5 Å². The van der Waals surface area contributed by atoms with E-state index in [1.54, 1.807) is 0 Å². The second-order valence-corrected chi connectivity index (χ2v) is 19.6. The summed E-state index contributed by atoms with van der Waals surface area (Å²) in [5.41, 5.74) is 10.7. The standard InChI is InChI=1S/C53H58N4O/c1-50(2,3)37-26-27-54-49(31-37)57-46-23-16-15-22-44(46)45-25-24-43(33-47(45)57)58-42-21-17-20-40(32-42)55-34-48(52(7,8)9)56(35-55)41-29-38(51(4,5)6)28-39(30-41)53(10,11)36-18-13-12-14-19-36/h12-34H,35H2,1-11H3. The first-order chi connectivity index (χ1) is 27.4. The lowest BCUT2D eigenvalue weighted by Gasteiger charge is -2.34. The smallest absolute Gasteiger partial charge is 0.137 e. The third-order valence-corrected chi connectivity index (χ3v) is 11.8. The number of hydrogen-bond acceptors (Lipinski definition) is 4. The predicted octanol–water partition coefficient (Wildman–Crippen LogP) is 14.1. The van der Waals surface area contributed by atoms with Crippen LogP contribution in [0.25, 0.3) is 27.6 Å². The number of para-hydroxylation sites is 1. The van der Waals surface area contributed by atoms with Gasteiger partial charge < -0.3 is 14.5 Å². The van der Waals surface area contributed by atoms with Crippen molar-refractivity contribution < 1.29 is 4.74 Å². The van der Waals surface area contributed by atoms with E-state index in [0.29, 0.717) is 6.67 Å². The van der Waals surface area contributed by atoms with Crippen LogP contribution in [-0.4, -0.2) is 16.2 Å². The highest BCUT2D eigenvalue weighted by Crippen LogP contribution is 2.43. The van der Waals surface area contributed by atoms with Crippen molar-refractivity contribution in [1.82, 2.24) is 9.55 Å². The molecule has 0 spiro atoms. The summed E-state index contributed by atoms with van der Waals surface area (Å²) in [7, 11) is 0. The van der Waals surface area contributed by atoms with E-state index in [0.717, 1.165) is 34.0 Å². The highest BCUT2D eigenvalue weighted by Gasteiger charge is 2.34. The molecular formula is C53H58N4O. The number of pyridine rings is 1. The van der Waals surface area contributed by atoms with Crippen molar-refractivity contribution in [2.75, 3.05) is 16.5 Å². The Hall–Kier alpha value is -5.81. The van der Waals surface area contributed by atoms with Gasteiger partial charge in [0.05, 0.1) is 17.7 Å². The SMILES string of the molecule is CC(C)(C)C1=CN(c2cccc(Oc3ccc4c5ccccc5n(-c5cc(C(C)(C)C)ccn5)c4c3)c2)CN1c1cc(C(C)(C)C)cc(C(C)(C)c2ccccc2)c1. The first kappa shape index (κ1) is 39.0. The maximum absolute atomic E-state index is 6.71. The minimum atomic E-state index is -0.168. The summed E-state index contributed by atoms with van der Waals surface area (Å²) in [5.74, 6) is 2.47. The largest absolute Gasteiger partial charge is 0.457 e. The molecule has 1 aliphatic rings. The van der Waals surface area contributed by atoms with Gasteiger partial charge >= 0.3 is 0 Å². The second-order valence-electron chi connectivity index (χ2n) is 19.6. The average molecular weight is 767 g/mol. The van der Waals surface area contributed by atoms with Gasteiger partial charge in [0.15, 0.2) is 0 Å². The number of rotatable bonds is 7. The van der Waals surface area contributed by atoms with Crippen LogP contribution in [-0.2, 0) is 16.2 Å². The Labute approximate surface area is 345 Å².